The molecule has 52 valence electrons. The average molecular weight is 143 g/mol. The summed E-state index contributed by atoms with van der Waals surface area (Å²) < 4.78 is 0. The Morgan fingerprint density at radius 1 is 1.33 bits per heavy atom. The molecule has 0 radical (unpaired) electrons. The second-order valence-electron chi connectivity index (χ2n) is 2.94. The molecule has 0 aromatic heterocycles. The van der Waals surface area contributed by atoms with Crippen LogP contribution >= 0.6 is 11.8 Å². The van der Waals surface area contributed by atoms with Crippen LogP contribution < -0.4 is 5.32 Å². The second kappa shape index (κ2) is 2.51. The highest BCUT2D eigenvalue weighted by Gasteiger charge is 2.36. The van der Waals surface area contributed by atoms with Gasteiger partial charge in [-0.3, -0.25) is 0 Å². The van der Waals surface area contributed by atoms with Crippen LogP contribution in [0.4, 0.5) is 0 Å². The van der Waals surface area contributed by atoms with E-state index in [1.54, 1.807) is 0 Å². The lowest BCUT2D eigenvalue weighted by Gasteiger charge is -2.07. The number of hydrogen-bond acceptors (Lipinski definition) is 2. The summed E-state index contributed by atoms with van der Waals surface area (Å²) in [6.45, 7) is 2.50. The Morgan fingerprint density at radius 3 is 3.33 bits per heavy atom. The van der Waals surface area contributed by atoms with E-state index in [1.165, 1.54) is 31.7 Å². The van der Waals surface area contributed by atoms with E-state index >= 15 is 0 Å². The van der Waals surface area contributed by atoms with Gasteiger partial charge in [-0.1, -0.05) is 0 Å². The first-order valence-corrected chi connectivity index (χ1v) is 4.84. The minimum absolute atomic E-state index is 1.06. The van der Waals surface area contributed by atoms with E-state index in [2.05, 4.69) is 17.1 Å². The third kappa shape index (κ3) is 1.41. The molecule has 2 aliphatic rings. The highest BCUT2D eigenvalue weighted by Crippen LogP contribution is 2.43. The van der Waals surface area contributed by atoms with Crippen LogP contribution in [0.5, 0.6) is 0 Å². The summed E-state index contributed by atoms with van der Waals surface area (Å²) >= 11 is 2.16. The van der Waals surface area contributed by atoms with E-state index in [4.69, 9.17) is 0 Å². The molecule has 0 bridgehead atoms. The van der Waals surface area contributed by atoms with Crippen LogP contribution in [-0.4, -0.2) is 24.1 Å². The molecule has 2 fully saturated rings. The van der Waals surface area contributed by atoms with E-state index in [1.807, 2.05) is 0 Å². The van der Waals surface area contributed by atoms with Crippen molar-refractivity contribution in [2.75, 3.05) is 18.8 Å². The SMILES string of the molecule is C1CSC2CC2CCN1. The fourth-order valence-corrected chi connectivity index (χ4v) is 2.78. The molecule has 0 amide bonds. The molecule has 1 saturated heterocycles. The van der Waals surface area contributed by atoms with Gasteiger partial charge in [-0.05, 0) is 25.3 Å². The van der Waals surface area contributed by atoms with E-state index in [9.17, 15) is 0 Å². The highest BCUT2D eigenvalue weighted by atomic mass is 32.2. The van der Waals surface area contributed by atoms with Gasteiger partial charge in [0.05, 0.1) is 0 Å². The van der Waals surface area contributed by atoms with Gasteiger partial charge in [0.25, 0.3) is 0 Å². The third-order valence-electron chi connectivity index (χ3n) is 2.16. The predicted molar refractivity (Wildman–Crippen MR) is 41.8 cm³/mol. The predicted octanol–water partition coefficient (Wildman–Crippen LogP) is 1.10. The normalized spacial score (nSPS) is 42.7. The van der Waals surface area contributed by atoms with Gasteiger partial charge in [0.1, 0.15) is 0 Å². The first-order chi connectivity index (χ1) is 4.47. The van der Waals surface area contributed by atoms with Crippen LogP contribution in [0.1, 0.15) is 12.8 Å². The molecular formula is C7H13NS. The van der Waals surface area contributed by atoms with Crippen molar-refractivity contribution in [2.24, 2.45) is 5.92 Å². The summed E-state index contributed by atoms with van der Waals surface area (Å²) in [7, 11) is 0. The molecule has 1 N–H and O–H groups in total. The molecule has 9 heavy (non-hydrogen) atoms. The highest BCUT2D eigenvalue weighted by molar-refractivity contribution is 8.00. The fourth-order valence-electron chi connectivity index (χ4n) is 1.42. The van der Waals surface area contributed by atoms with Gasteiger partial charge in [0.15, 0.2) is 0 Å². The number of hydrogen-bond donors (Lipinski definition) is 1. The summed E-state index contributed by atoms with van der Waals surface area (Å²) in [5.74, 6) is 2.42. The Bertz CT molecular complexity index is 93.1. The van der Waals surface area contributed by atoms with Gasteiger partial charge in [-0.15, -0.1) is 0 Å². The molecule has 1 saturated carbocycles. The monoisotopic (exact) mass is 143 g/mol. The van der Waals surface area contributed by atoms with Gasteiger partial charge < -0.3 is 5.32 Å². The van der Waals surface area contributed by atoms with E-state index in [-0.39, 0.29) is 0 Å². The van der Waals surface area contributed by atoms with Gasteiger partial charge in [0, 0.05) is 17.5 Å². The quantitative estimate of drug-likeness (QED) is 0.545. The Morgan fingerprint density at radius 2 is 2.33 bits per heavy atom. The standard InChI is InChI=1S/C7H13NS/c1-2-8-3-4-9-7-5-6(1)7/h6-8H,1-5H2. The maximum Gasteiger partial charge on any atom is 0.00797 e. The van der Waals surface area contributed by atoms with E-state index in [0.29, 0.717) is 0 Å². The van der Waals surface area contributed by atoms with Crippen molar-refractivity contribution in [3.05, 3.63) is 0 Å². The van der Waals surface area contributed by atoms with Gasteiger partial charge >= 0.3 is 0 Å². The Balaban J connectivity index is 1.81. The molecule has 2 rings (SSSR count). The molecule has 2 unspecified atom stereocenters. The number of fused-ring (bicyclic) bond motifs is 1. The zero-order chi connectivity index (χ0) is 6.10. The summed E-state index contributed by atoms with van der Waals surface area (Å²) in [5, 5.41) is 4.49. The van der Waals surface area contributed by atoms with Gasteiger partial charge in [0.2, 0.25) is 0 Å². The molecule has 0 aromatic rings. The lowest BCUT2D eigenvalue weighted by molar-refractivity contribution is 0.628. The van der Waals surface area contributed by atoms with Crippen molar-refractivity contribution in [1.82, 2.24) is 5.32 Å². The summed E-state index contributed by atoms with van der Waals surface area (Å²) in [6.07, 6.45) is 2.93. The maximum absolute atomic E-state index is 3.42. The second-order valence-corrected chi connectivity index (χ2v) is 4.29. The molecule has 0 spiro atoms. The van der Waals surface area contributed by atoms with Gasteiger partial charge in [-0.25, -0.2) is 0 Å². The molecule has 2 atom stereocenters. The molecule has 2 heteroatoms. The van der Waals surface area contributed by atoms with Crippen LogP contribution in [0.2, 0.25) is 0 Å². The molecule has 1 aliphatic heterocycles. The zero-order valence-corrected chi connectivity index (χ0v) is 6.41. The smallest absolute Gasteiger partial charge is 0.00797 e. The molecular weight excluding hydrogens is 130 g/mol. The van der Waals surface area contributed by atoms with E-state index in [0.717, 1.165) is 11.2 Å². The summed E-state index contributed by atoms with van der Waals surface area (Å²) in [5.41, 5.74) is 0. The summed E-state index contributed by atoms with van der Waals surface area (Å²) in [4.78, 5) is 0. The first kappa shape index (κ1) is 6.05. The first-order valence-electron chi connectivity index (χ1n) is 3.79. The Hall–Kier alpha value is 0.310. The third-order valence-corrected chi connectivity index (χ3v) is 3.61. The number of rotatable bonds is 0. The number of thioether (sulfide) groups is 1. The fraction of sp³-hybridized carbons (Fsp3) is 1.00. The zero-order valence-electron chi connectivity index (χ0n) is 5.60. The minimum Gasteiger partial charge on any atom is -0.316 e. The van der Waals surface area contributed by atoms with Crippen molar-refractivity contribution in [2.45, 2.75) is 18.1 Å². The van der Waals surface area contributed by atoms with Crippen LogP contribution in [0, 0.1) is 5.92 Å². The van der Waals surface area contributed by atoms with E-state index < -0.39 is 0 Å². The Kier molecular flexibility index (Phi) is 1.68. The summed E-state index contributed by atoms with van der Waals surface area (Å²) in [6, 6.07) is 0. The van der Waals surface area contributed by atoms with Crippen molar-refractivity contribution >= 4 is 11.8 Å². The van der Waals surface area contributed by atoms with Crippen LogP contribution in [0.15, 0.2) is 0 Å². The Labute approximate surface area is 60.6 Å². The van der Waals surface area contributed by atoms with Crippen molar-refractivity contribution in [1.29, 1.82) is 0 Å². The van der Waals surface area contributed by atoms with Crippen molar-refractivity contribution in [3.63, 3.8) is 0 Å². The van der Waals surface area contributed by atoms with Crippen molar-refractivity contribution in [3.8, 4) is 0 Å². The molecule has 0 aromatic carbocycles. The van der Waals surface area contributed by atoms with Gasteiger partial charge in [-0.2, -0.15) is 11.8 Å². The average Bonchev–Trinajstić information content (AvgIpc) is 2.46. The molecule has 1 nitrogen and oxygen atoms in total. The lowest BCUT2D eigenvalue weighted by Crippen LogP contribution is -2.21. The molecule has 1 heterocycles. The van der Waals surface area contributed by atoms with Crippen molar-refractivity contribution < 1.29 is 0 Å². The maximum atomic E-state index is 3.42. The molecule has 1 aliphatic carbocycles. The number of nitrogens with one attached hydrogen (secondary N) is 1. The largest absolute Gasteiger partial charge is 0.316 e. The van der Waals surface area contributed by atoms with Crippen LogP contribution in [-0.2, 0) is 0 Å². The lowest BCUT2D eigenvalue weighted by atomic mass is 10.3. The minimum atomic E-state index is 1.06. The van der Waals surface area contributed by atoms with Crippen LogP contribution in [0.3, 0.4) is 0 Å². The van der Waals surface area contributed by atoms with Crippen LogP contribution in [0.25, 0.3) is 0 Å². The topological polar surface area (TPSA) is 12.0 Å².